The first-order valence-electron chi connectivity index (χ1n) is 6.33. The molecule has 1 aliphatic heterocycles. The molecule has 19 heavy (non-hydrogen) atoms. The lowest BCUT2D eigenvalue weighted by Crippen LogP contribution is -2.49. The molecule has 2 aliphatic rings. The van der Waals surface area contributed by atoms with Crippen molar-refractivity contribution in [2.75, 3.05) is 30.9 Å². The van der Waals surface area contributed by atoms with E-state index in [1.807, 2.05) is 0 Å². The number of hydrogen-bond donors (Lipinski definition) is 2. The van der Waals surface area contributed by atoms with E-state index in [0.717, 1.165) is 31.7 Å². The van der Waals surface area contributed by atoms with Crippen molar-refractivity contribution < 1.29 is 13.6 Å². The van der Waals surface area contributed by atoms with Gasteiger partial charge >= 0.3 is 0 Å². The smallest absolute Gasteiger partial charge is 0.164 e. The molecule has 1 atom stereocenters. The molecule has 8 heteroatoms. The molecule has 1 aliphatic carbocycles. The van der Waals surface area contributed by atoms with E-state index in [1.165, 1.54) is 6.26 Å². The summed E-state index contributed by atoms with van der Waals surface area (Å²) in [5.41, 5.74) is 5.60. The zero-order chi connectivity index (χ0) is 14.1. The van der Waals surface area contributed by atoms with Crippen molar-refractivity contribution in [1.82, 2.24) is 4.90 Å². The van der Waals surface area contributed by atoms with Crippen LogP contribution in [0.2, 0.25) is 0 Å². The second-order valence-corrected chi connectivity index (χ2v) is 8.95. The van der Waals surface area contributed by atoms with Crippen molar-refractivity contribution in [2.24, 2.45) is 16.3 Å². The van der Waals surface area contributed by atoms with Crippen molar-refractivity contribution in [1.29, 1.82) is 0 Å². The SMILES string of the molecule is CS(=O)(=O)C1CSCCN1CC1(CC(N)=NO)CC1. The Kier molecular flexibility index (Phi) is 4.32. The molecule has 110 valence electrons. The van der Waals surface area contributed by atoms with Gasteiger partial charge in [-0.25, -0.2) is 8.42 Å². The Bertz CT molecular complexity index is 460. The van der Waals surface area contributed by atoms with Gasteiger partial charge in [-0.1, -0.05) is 5.16 Å². The summed E-state index contributed by atoms with van der Waals surface area (Å²) in [7, 11) is -3.06. The summed E-state index contributed by atoms with van der Waals surface area (Å²) < 4.78 is 23.7. The van der Waals surface area contributed by atoms with Crippen LogP contribution in [0.5, 0.6) is 0 Å². The molecule has 2 rings (SSSR count). The molecule has 6 nitrogen and oxygen atoms in total. The Morgan fingerprint density at radius 3 is 2.79 bits per heavy atom. The second-order valence-electron chi connectivity index (χ2n) is 5.60. The van der Waals surface area contributed by atoms with Gasteiger partial charge in [0.25, 0.3) is 0 Å². The van der Waals surface area contributed by atoms with Crippen molar-refractivity contribution >= 4 is 27.4 Å². The molecular weight excluding hydrogens is 286 g/mol. The van der Waals surface area contributed by atoms with Crippen molar-refractivity contribution in [3.05, 3.63) is 0 Å². The van der Waals surface area contributed by atoms with Gasteiger partial charge in [-0.3, -0.25) is 4.90 Å². The molecule has 3 N–H and O–H groups in total. The first-order valence-corrected chi connectivity index (χ1v) is 9.44. The molecule has 0 radical (unpaired) electrons. The van der Waals surface area contributed by atoms with Crippen LogP contribution in [-0.2, 0) is 9.84 Å². The van der Waals surface area contributed by atoms with Gasteiger partial charge in [0.05, 0.1) is 0 Å². The van der Waals surface area contributed by atoms with E-state index in [4.69, 9.17) is 10.9 Å². The Hall–Kier alpha value is -0.470. The largest absolute Gasteiger partial charge is 0.409 e. The molecule has 1 saturated heterocycles. The number of thioether (sulfide) groups is 1. The zero-order valence-electron chi connectivity index (χ0n) is 11.1. The third-order valence-corrected chi connectivity index (χ3v) is 6.55. The molecule has 0 amide bonds. The Morgan fingerprint density at radius 2 is 2.26 bits per heavy atom. The Balaban J connectivity index is 2.04. The maximum absolute atomic E-state index is 11.8. The van der Waals surface area contributed by atoms with Crippen LogP contribution in [0, 0.1) is 5.41 Å². The van der Waals surface area contributed by atoms with Crippen LogP contribution in [0.1, 0.15) is 19.3 Å². The van der Waals surface area contributed by atoms with Gasteiger partial charge in [0.1, 0.15) is 11.2 Å². The summed E-state index contributed by atoms with van der Waals surface area (Å²) >= 11 is 1.69. The minimum Gasteiger partial charge on any atom is -0.409 e. The quantitative estimate of drug-likeness (QED) is 0.329. The lowest BCUT2D eigenvalue weighted by Gasteiger charge is -2.36. The standard InChI is InChI=1S/C11H21N3O3S2/c1-19(16,17)10-7-18-5-4-14(10)8-11(2-3-11)6-9(12)13-15/h10,15H,2-8H2,1H3,(H2,12,13). The molecule has 0 aromatic heterocycles. The van der Waals surface area contributed by atoms with Crippen LogP contribution in [-0.4, -0.2) is 60.6 Å². The maximum atomic E-state index is 11.8. The van der Waals surface area contributed by atoms with Crippen LogP contribution in [0.4, 0.5) is 0 Å². The first-order chi connectivity index (χ1) is 8.86. The third kappa shape index (κ3) is 3.76. The van der Waals surface area contributed by atoms with Gasteiger partial charge < -0.3 is 10.9 Å². The highest BCUT2D eigenvalue weighted by atomic mass is 32.2. The zero-order valence-corrected chi connectivity index (χ0v) is 12.7. The minimum atomic E-state index is -3.06. The fourth-order valence-corrected chi connectivity index (χ4v) is 5.55. The van der Waals surface area contributed by atoms with Gasteiger partial charge in [0.2, 0.25) is 0 Å². The van der Waals surface area contributed by atoms with Gasteiger partial charge in [0, 0.05) is 37.3 Å². The fraction of sp³-hybridized carbons (Fsp3) is 0.909. The van der Waals surface area contributed by atoms with Crippen LogP contribution < -0.4 is 5.73 Å². The summed E-state index contributed by atoms with van der Waals surface area (Å²) in [5, 5.41) is 11.3. The summed E-state index contributed by atoms with van der Waals surface area (Å²) in [6.45, 7) is 1.52. The number of hydrogen-bond acceptors (Lipinski definition) is 6. The van der Waals surface area contributed by atoms with Crippen molar-refractivity contribution in [2.45, 2.75) is 24.6 Å². The highest BCUT2D eigenvalue weighted by molar-refractivity contribution is 8.00. The summed E-state index contributed by atoms with van der Waals surface area (Å²) in [6, 6.07) is 0. The van der Waals surface area contributed by atoms with Gasteiger partial charge in [-0.05, 0) is 18.3 Å². The highest BCUT2D eigenvalue weighted by Gasteiger charge is 2.46. The number of nitrogens with zero attached hydrogens (tertiary/aromatic N) is 2. The summed E-state index contributed by atoms with van der Waals surface area (Å²) in [5.74, 6) is 1.84. The van der Waals surface area contributed by atoms with E-state index in [9.17, 15) is 8.42 Å². The predicted octanol–water partition coefficient (Wildman–Crippen LogP) is 0.323. The number of sulfone groups is 1. The number of oxime groups is 1. The van der Waals surface area contributed by atoms with Gasteiger partial charge in [-0.2, -0.15) is 11.8 Å². The number of amidine groups is 1. The second kappa shape index (κ2) is 5.49. The topological polar surface area (TPSA) is 96.0 Å². The van der Waals surface area contributed by atoms with Crippen LogP contribution in [0.3, 0.4) is 0 Å². The molecular formula is C11H21N3O3S2. The molecule has 1 heterocycles. The maximum Gasteiger partial charge on any atom is 0.164 e. The van der Waals surface area contributed by atoms with Crippen LogP contribution >= 0.6 is 11.8 Å². The van der Waals surface area contributed by atoms with E-state index in [1.54, 1.807) is 11.8 Å². The Labute approximate surface area is 118 Å². The molecule has 0 bridgehead atoms. The first kappa shape index (κ1) is 14.9. The molecule has 0 spiro atoms. The minimum absolute atomic E-state index is 0.0151. The lowest BCUT2D eigenvalue weighted by molar-refractivity contribution is 0.217. The van der Waals surface area contributed by atoms with E-state index >= 15 is 0 Å². The predicted molar refractivity (Wildman–Crippen MR) is 77.2 cm³/mol. The van der Waals surface area contributed by atoms with Crippen molar-refractivity contribution in [3.63, 3.8) is 0 Å². The summed E-state index contributed by atoms with van der Waals surface area (Å²) in [4.78, 5) is 2.06. The monoisotopic (exact) mass is 307 g/mol. The van der Waals surface area contributed by atoms with E-state index in [2.05, 4.69) is 10.1 Å². The summed E-state index contributed by atoms with van der Waals surface area (Å²) in [6.07, 6.45) is 3.88. The fourth-order valence-electron chi connectivity index (χ4n) is 2.61. The lowest BCUT2D eigenvalue weighted by atomic mass is 10.0. The van der Waals surface area contributed by atoms with E-state index < -0.39 is 15.2 Å². The van der Waals surface area contributed by atoms with Gasteiger partial charge in [-0.15, -0.1) is 0 Å². The number of rotatable bonds is 5. The highest BCUT2D eigenvalue weighted by Crippen LogP contribution is 2.50. The van der Waals surface area contributed by atoms with Gasteiger partial charge in [0.15, 0.2) is 9.84 Å². The van der Waals surface area contributed by atoms with E-state index in [-0.39, 0.29) is 11.3 Å². The van der Waals surface area contributed by atoms with Crippen molar-refractivity contribution in [3.8, 4) is 0 Å². The normalized spacial score (nSPS) is 28.3. The average molecular weight is 307 g/mol. The van der Waals surface area contributed by atoms with Crippen LogP contribution in [0.25, 0.3) is 0 Å². The molecule has 2 fully saturated rings. The molecule has 1 saturated carbocycles. The Morgan fingerprint density at radius 1 is 1.58 bits per heavy atom. The average Bonchev–Trinajstić information content (AvgIpc) is 3.08. The third-order valence-electron chi connectivity index (χ3n) is 3.86. The molecule has 0 aromatic carbocycles. The molecule has 0 aromatic rings. The van der Waals surface area contributed by atoms with Crippen LogP contribution in [0.15, 0.2) is 5.16 Å². The van der Waals surface area contributed by atoms with E-state index in [0.29, 0.717) is 12.2 Å². The molecule has 1 unspecified atom stereocenters. The number of nitrogens with two attached hydrogens (primary N) is 1.